The second-order valence-electron chi connectivity index (χ2n) is 3.00. The molecule has 4 atom stereocenters. The van der Waals surface area contributed by atoms with Gasteiger partial charge in [-0.3, -0.25) is 0 Å². The number of ether oxygens (including phenoxy) is 2. The smallest absolute Gasteiger partial charge is 0.126 e. The highest BCUT2D eigenvalue weighted by Crippen LogP contribution is 2.09. The molecule has 5 heteroatoms. The van der Waals surface area contributed by atoms with Crippen LogP contribution in [0.2, 0.25) is 0 Å². The summed E-state index contributed by atoms with van der Waals surface area (Å²) in [5.74, 6) is 0. The minimum atomic E-state index is -1.36. The molecule has 0 aliphatic heterocycles. The minimum absolute atomic E-state index is 0.122. The van der Waals surface area contributed by atoms with E-state index >= 15 is 0 Å². The topological polar surface area (TPSA) is 38.7 Å². The van der Waals surface area contributed by atoms with E-state index in [0.717, 1.165) is 0 Å². The Labute approximate surface area is 79.6 Å². The Morgan fingerprint density at radius 3 is 2.31 bits per heavy atom. The molecule has 0 heterocycles. The van der Waals surface area contributed by atoms with Crippen LogP contribution in [0.5, 0.6) is 0 Å². The zero-order chi connectivity index (χ0) is 10.4. The summed E-state index contributed by atoms with van der Waals surface area (Å²) in [6.07, 6.45) is -3.28. The number of hydrogen-bond acceptors (Lipinski definition) is 3. The highest BCUT2D eigenvalue weighted by atomic mass is 19.1. The summed E-state index contributed by atoms with van der Waals surface area (Å²) in [6.45, 7) is 2.99. The van der Waals surface area contributed by atoms with E-state index in [2.05, 4.69) is 0 Å². The van der Waals surface area contributed by atoms with Crippen LogP contribution in [0.15, 0.2) is 0 Å². The molecule has 4 unspecified atom stereocenters. The SMILES string of the molecule is [B]C(C)OC(COC)C(O)C(C)F. The quantitative estimate of drug-likeness (QED) is 0.610. The van der Waals surface area contributed by atoms with Gasteiger partial charge in [0.05, 0.1) is 6.61 Å². The summed E-state index contributed by atoms with van der Waals surface area (Å²) in [4.78, 5) is 0. The monoisotopic (exact) mass is 190 g/mol. The summed E-state index contributed by atoms with van der Waals surface area (Å²) in [7, 11) is 6.80. The fraction of sp³-hybridized carbons (Fsp3) is 1.00. The summed E-state index contributed by atoms with van der Waals surface area (Å²) in [6, 6.07) is -0.548. The van der Waals surface area contributed by atoms with E-state index < -0.39 is 24.4 Å². The van der Waals surface area contributed by atoms with Gasteiger partial charge in [0.25, 0.3) is 0 Å². The van der Waals surface area contributed by atoms with Crippen LogP contribution in [0.4, 0.5) is 4.39 Å². The lowest BCUT2D eigenvalue weighted by Gasteiger charge is -2.25. The first-order valence-corrected chi connectivity index (χ1v) is 4.21. The van der Waals surface area contributed by atoms with Crippen LogP contribution in [0.25, 0.3) is 0 Å². The van der Waals surface area contributed by atoms with Crippen LogP contribution in [0.3, 0.4) is 0 Å². The van der Waals surface area contributed by atoms with Crippen LogP contribution >= 0.6 is 0 Å². The largest absolute Gasteiger partial charge is 0.387 e. The zero-order valence-corrected chi connectivity index (χ0v) is 8.24. The third kappa shape index (κ3) is 5.23. The molecule has 0 rings (SSSR count). The van der Waals surface area contributed by atoms with Crippen molar-refractivity contribution in [2.24, 2.45) is 0 Å². The van der Waals surface area contributed by atoms with Crippen LogP contribution in [-0.4, -0.2) is 51.1 Å². The Morgan fingerprint density at radius 1 is 1.46 bits per heavy atom. The molecule has 0 bridgehead atoms. The van der Waals surface area contributed by atoms with E-state index in [1.165, 1.54) is 14.0 Å². The maximum absolute atomic E-state index is 12.7. The number of rotatable bonds is 6. The molecule has 0 aromatic rings. The molecular formula is C8H16BFO3. The third-order valence-electron chi connectivity index (χ3n) is 1.57. The Morgan fingerprint density at radius 2 is 2.00 bits per heavy atom. The molecule has 0 saturated heterocycles. The summed E-state index contributed by atoms with van der Waals surface area (Å²) >= 11 is 0. The Hall–Kier alpha value is -0.125. The number of halogens is 1. The first-order chi connectivity index (χ1) is 5.99. The van der Waals surface area contributed by atoms with E-state index in [1.807, 2.05) is 0 Å². The van der Waals surface area contributed by atoms with Gasteiger partial charge in [-0.15, -0.1) is 0 Å². The van der Waals surface area contributed by atoms with Gasteiger partial charge >= 0.3 is 0 Å². The lowest BCUT2D eigenvalue weighted by molar-refractivity contribution is -0.0989. The second kappa shape index (κ2) is 6.35. The first kappa shape index (κ1) is 12.9. The standard InChI is InChI=1S/C8H16BFO3/c1-5(10)8(11)7(4-12-3)13-6(2)9/h5-8,11H,4H2,1-3H3. The molecule has 0 amide bonds. The van der Waals surface area contributed by atoms with Gasteiger partial charge in [-0.25, -0.2) is 4.39 Å². The number of alkyl halides is 1. The normalized spacial score (nSPS) is 20.7. The van der Waals surface area contributed by atoms with Crippen molar-refractivity contribution in [1.82, 2.24) is 0 Å². The van der Waals surface area contributed by atoms with Gasteiger partial charge in [0, 0.05) is 13.1 Å². The Bertz CT molecular complexity index is 133. The van der Waals surface area contributed by atoms with Gasteiger partial charge in [0.15, 0.2) is 0 Å². The van der Waals surface area contributed by atoms with E-state index in [1.54, 1.807) is 6.92 Å². The number of methoxy groups -OCH3 is 1. The molecule has 0 aromatic carbocycles. The van der Waals surface area contributed by atoms with Gasteiger partial charge < -0.3 is 14.6 Å². The minimum Gasteiger partial charge on any atom is -0.387 e. The molecule has 13 heavy (non-hydrogen) atoms. The van der Waals surface area contributed by atoms with Gasteiger partial charge in [0.1, 0.15) is 26.2 Å². The van der Waals surface area contributed by atoms with E-state index in [9.17, 15) is 9.50 Å². The molecule has 0 saturated carbocycles. The van der Waals surface area contributed by atoms with Crippen LogP contribution in [0, 0.1) is 0 Å². The van der Waals surface area contributed by atoms with Gasteiger partial charge in [-0.05, 0) is 13.8 Å². The van der Waals surface area contributed by atoms with Crippen molar-refractivity contribution in [1.29, 1.82) is 0 Å². The van der Waals surface area contributed by atoms with Gasteiger partial charge in [-0.1, -0.05) is 0 Å². The van der Waals surface area contributed by atoms with Crippen LogP contribution in [-0.2, 0) is 9.47 Å². The highest BCUT2D eigenvalue weighted by molar-refractivity contribution is 6.10. The molecule has 1 N–H and O–H groups in total. The molecule has 0 fully saturated rings. The average Bonchev–Trinajstić information content (AvgIpc) is 2.01. The van der Waals surface area contributed by atoms with E-state index in [-0.39, 0.29) is 6.61 Å². The number of aliphatic hydroxyl groups excluding tert-OH is 1. The van der Waals surface area contributed by atoms with Crippen molar-refractivity contribution in [3.05, 3.63) is 0 Å². The predicted octanol–water partition coefficient (Wildman–Crippen LogP) is 0.251. The molecule has 0 aromatic heterocycles. The van der Waals surface area contributed by atoms with E-state index in [4.69, 9.17) is 17.3 Å². The zero-order valence-electron chi connectivity index (χ0n) is 8.24. The average molecular weight is 190 g/mol. The van der Waals surface area contributed by atoms with E-state index in [0.29, 0.717) is 0 Å². The summed E-state index contributed by atoms with van der Waals surface area (Å²) in [5.41, 5.74) is 0. The number of aliphatic hydroxyl groups is 1. The van der Waals surface area contributed by atoms with Crippen molar-refractivity contribution >= 4 is 7.85 Å². The molecule has 0 aliphatic rings. The second-order valence-corrected chi connectivity index (χ2v) is 3.00. The highest BCUT2D eigenvalue weighted by Gasteiger charge is 2.25. The molecule has 0 aliphatic carbocycles. The van der Waals surface area contributed by atoms with Gasteiger partial charge in [-0.2, -0.15) is 0 Å². The molecule has 2 radical (unpaired) electrons. The lowest BCUT2D eigenvalue weighted by atomic mass is 10.0. The molecule has 3 nitrogen and oxygen atoms in total. The van der Waals surface area contributed by atoms with Gasteiger partial charge in [0.2, 0.25) is 0 Å². The molecule has 0 spiro atoms. The van der Waals surface area contributed by atoms with Crippen molar-refractivity contribution in [3.8, 4) is 0 Å². The van der Waals surface area contributed by atoms with Crippen molar-refractivity contribution in [3.63, 3.8) is 0 Å². The van der Waals surface area contributed by atoms with Crippen molar-refractivity contribution in [2.45, 2.75) is 38.2 Å². The first-order valence-electron chi connectivity index (χ1n) is 4.21. The summed E-state index contributed by atoms with van der Waals surface area (Å²) < 4.78 is 22.5. The lowest BCUT2D eigenvalue weighted by Crippen LogP contribution is -2.40. The van der Waals surface area contributed by atoms with Crippen molar-refractivity contribution in [2.75, 3.05) is 13.7 Å². The third-order valence-corrected chi connectivity index (χ3v) is 1.57. The maximum Gasteiger partial charge on any atom is 0.126 e. The Balaban J connectivity index is 4.06. The maximum atomic E-state index is 12.7. The molecular weight excluding hydrogens is 174 g/mol. The fourth-order valence-electron chi connectivity index (χ4n) is 0.954. The van der Waals surface area contributed by atoms with Crippen LogP contribution < -0.4 is 0 Å². The van der Waals surface area contributed by atoms with Crippen LogP contribution in [0.1, 0.15) is 13.8 Å². The predicted molar refractivity (Wildman–Crippen MR) is 48.5 cm³/mol. The Kier molecular flexibility index (Phi) is 6.29. The number of hydrogen-bond donors (Lipinski definition) is 1. The van der Waals surface area contributed by atoms with Crippen molar-refractivity contribution < 1.29 is 19.0 Å². The summed E-state index contributed by atoms with van der Waals surface area (Å²) in [5, 5.41) is 9.33. The molecule has 76 valence electrons. The fourth-order valence-corrected chi connectivity index (χ4v) is 0.954.